The van der Waals surface area contributed by atoms with Crippen molar-refractivity contribution in [2.24, 2.45) is 10.2 Å². The molecule has 0 atom stereocenters. The van der Waals surface area contributed by atoms with Crippen LogP contribution in [0.25, 0.3) is 32.7 Å². The van der Waals surface area contributed by atoms with E-state index in [0.717, 1.165) is 30.1 Å². The molecule has 2 heterocycles. The van der Waals surface area contributed by atoms with Crippen molar-refractivity contribution in [3.05, 3.63) is 72.3 Å². The van der Waals surface area contributed by atoms with Gasteiger partial charge in [0.25, 0.3) is 0 Å². The van der Waals surface area contributed by atoms with Crippen LogP contribution in [-0.2, 0) is 13.1 Å². The maximum atomic E-state index is 4.62. The first kappa shape index (κ1) is 18.6. The highest BCUT2D eigenvalue weighted by molar-refractivity contribution is 6.08. The molecule has 0 fully saturated rings. The molecule has 0 amide bonds. The molecule has 5 rings (SSSR count). The molecule has 30 heavy (non-hydrogen) atoms. The van der Waals surface area contributed by atoms with Crippen LogP contribution in [0.15, 0.2) is 77.0 Å². The van der Waals surface area contributed by atoms with Gasteiger partial charge in [-0.05, 0) is 51.4 Å². The maximum absolute atomic E-state index is 4.62. The van der Waals surface area contributed by atoms with Crippen LogP contribution in [0.1, 0.15) is 12.5 Å². The van der Waals surface area contributed by atoms with Crippen LogP contribution in [0.2, 0.25) is 0 Å². The molecular formula is C25H25N5. The molecule has 0 unspecified atom stereocenters. The number of aryl methyl sites for hydroxylation is 1. The molecular weight excluding hydrogens is 370 g/mol. The smallest absolute Gasteiger partial charge is 0.158 e. The van der Waals surface area contributed by atoms with Crippen LogP contribution in [0, 0.1) is 0 Å². The molecule has 0 spiro atoms. The van der Waals surface area contributed by atoms with Crippen LogP contribution in [0.3, 0.4) is 0 Å². The van der Waals surface area contributed by atoms with Gasteiger partial charge in [-0.25, -0.2) is 0 Å². The van der Waals surface area contributed by atoms with Crippen LogP contribution >= 0.6 is 0 Å². The summed E-state index contributed by atoms with van der Waals surface area (Å²) in [6, 6.07) is 23.2. The van der Waals surface area contributed by atoms with E-state index in [2.05, 4.69) is 100 Å². The summed E-state index contributed by atoms with van der Waals surface area (Å²) in [5.74, 6) is 0.820. The van der Waals surface area contributed by atoms with Crippen molar-refractivity contribution < 1.29 is 0 Å². The average molecular weight is 396 g/mol. The van der Waals surface area contributed by atoms with E-state index in [9.17, 15) is 0 Å². The fourth-order valence-electron chi connectivity index (χ4n) is 4.30. The number of fused-ring (bicyclic) bond motifs is 4. The lowest BCUT2D eigenvalue weighted by molar-refractivity contribution is 0.404. The number of aromatic nitrogens is 2. The van der Waals surface area contributed by atoms with Gasteiger partial charge in [-0.3, -0.25) is 0 Å². The Morgan fingerprint density at radius 3 is 2.37 bits per heavy atom. The van der Waals surface area contributed by atoms with Crippen LogP contribution < -0.4 is 0 Å². The summed E-state index contributed by atoms with van der Waals surface area (Å²) < 4.78 is 2.35. The normalized spacial score (nSPS) is 12.3. The van der Waals surface area contributed by atoms with Crippen LogP contribution in [0.5, 0.6) is 0 Å². The number of nitrogens with one attached hydrogen (secondary N) is 1. The van der Waals surface area contributed by atoms with Crippen LogP contribution in [0.4, 0.5) is 11.5 Å². The first-order valence-electron chi connectivity index (χ1n) is 10.3. The molecule has 0 aliphatic carbocycles. The van der Waals surface area contributed by atoms with Gasteiger partial charge in [0.15, 0.2) is 5.82 Å². The monoisotopic (exact) mass is 395 g/mol. The van der Waals surface area contributed by atoms with E-state index < -0.39 is 0 Å². The molecule has 0 saturated heterocycles. The van der Waals surface area contributed by atoms with Crippen molar-refractivity contribution in [1.29, 1.82) is 0 Å². The second-order valence-corrected chi connectivity index (χ2v) is 7.90. The van der Waals surface area contributed by atoms with Gasteiger partial charge < -0.3 is 14.5 Å². The second-order valence-electron chi connectivity index (χ2n) is 7.90. The van der Waals surface area contributed by atoms with Crippen molar-refractivity contribution in [1.82, 2.24) is 14.5 Å². The number of nitrogens with zero attached hydrogens (tertiary/aromatic N) is 4. The first-order chi connectivity index (χ1) is 14.7. The molecule has 2 aromatic heterocycles. The molecule has 1 N–H and O–H groups in total. The molecule has 0 radical (unpaired) electrons. The number of para-hydroxylation sites is 2. The predicted octanol–water partition coefficient (Wildman–Crippen LogP) is 6.77. The van der Waals surface area contributed by atoms with Gasteiger partial charge >= 0.3 is 0 Å². The van der Waals surface area contributed by atoms with Crippen molar-refractivity contribution >= 4 is 44.2 Å². The third-order valence-electron chi connectivity index (χ3n) is 5.60. The Kier molecular flexibility index (Phi) is 4.60. The average Bonchev–Trinajstić information content (AvgIpc) is 3.27. The molecule has 150 valence electrons. The van der Waals surface area contributed by atoms with Gasteiger partial charge in [0.05, 0.1) is 5.69 Å². The van der Waals surface area contributed by atoms with E-state index in [4.69, 9.17) is 0 Å². The highest BCUT2D eigenvalue weighted by Gasteiger charge is 2.13. The van der Waals surface area contributed by atoms with E-state index in [1.807, 2.05) is 12.1 Å². The topological polar surface area (TPSA) is 48.7 Å². The first-order valence-corrected chi connectivity index (χ1v) is 10.3. The number of rotatable bonds is 5. The van der Waals surface area contributed by atoms with Crippen molar-refractivity contribution in [3.8, 4) is 0 Å². The van der Waals surface area contributed by atoms with Gasteiger partial charge in [-0.15, -0.1) is 10.2 Å². The molecule has 5 heteroatoms. The Hall–Kier alpha value is -3.44. The molecule has 5 nitrogen and oxygen atoms in total. The van der Waals surface area contributed by atoms with Gasteiger partial charge in [0.2, 0.25) is 0 Å². The maximum Gasteiger partial charge on any atom is 0.158 e. The summed E-state index contributed by atoms with van der Waals surface area (Å²) in [6.07, 6.45) is 0. The minimum absolute atomic E-state index is 0.807. The summed E-state index contributed by atoms with van der Waals surface area (Å²) in [5, 5.41) is 12.9. The minimum Gasteiger partial charge on any atom is -0.341 e. The second kappa shape index (κ2) is 7.43. The number of hydrogen-bond acceptors (Lipinski definition) is 3. The standard InChI is InChI=1S/C25H25N5/c1-4-30-23-12-8-6-10-19(23)20-15-17(13-14-24(20)30)27-28-25-21(16-29(2)3)18-9-5-7-11-22(18)26-25/h5-15,26H,4,16H2,1-3H3. The zero-order chi connectivity index (χ0) is 20.7. The number of benzene rings is 3. The third kappa shape index (κ3) is 3.08. The fourth-order valence-corrected chi connectivity index (χ4v) is 4.30. The van der Waals surface area contributed by atoms with Crippen molar-refractivity contribution in [2.75, 3.05) is 14.1 Å². The molecule has 0 aliphatic rings. The summed E-state index contributed by atoms with van der Waals surface area (Å²) in [6.45, 7) is 3.93. The van der Waals surface area contributed by atoms with Gasteiger partial charge in [-0.2, -0.15) is 0 Å². The van der Waals surface area contributed by atoms with E-state index >= 15 is 0 Å². The Bertz CT molecular complexity index is 1390. The Labute approximate surface area is 175 Å². The van der Waals surface area contributed by atoms with Crippen LogP contribution in [-0.4, -0.2) is 28.5 Å². The van der Waals surface area contributed by atoms with E-state index in [1.165, 1.54) is 32.8 Å². The highest BCUT2D eigenvalue weighted by atomic mass is 15.2. The lowest BCUT2D eigenvalue weighted by Crippen LogP contribution is -2.10. The fraction of sp³-hybridized carbons (Fsp3) is 0.200. The quantitative estimate of drug-likeness (QED) is 0.328. The molecule has 0 aliphatic heterocycles. The van der Waals surface area contributed by atoms with Gasteiger partial charge in [-0.1, -0.05) is 36.4 Å². The number of H-pyrrole nitrogens is 1. The van der Waals surface area contributed by atoms with Gasteiger partial charge in [0.1, 0.15) is 0 Å². The molecule has 5 aromatic rings. The van der Waals surface area contributed by atoms with Crippen molar-refractivity contribution in [3.63, 3.8) is 0 Å². The lowest BCUT2D eigenvalue weighted by atomic mass is 10.1. The summed E-state index contributed by atoms with van der Waals surface area (Å²) in [7, 11) is 4.14. The Balaban J connectivity index is 1.60. The van der Waals surface area contributed by atoms with Crippen molar-refractivity contribution in [2.45, 2.75) is 20.0 Å². The zero-order valence-corrected chi connectivity index (χ0v) is 17.6. The highest BCUT2D eigenvalue weighted by Crippen LogP contribution is 2.34. The Morgan fingerprint density at radius 1 is 0.833 bits per heavy atom. The molecule has 0 saturated carbocycles. The lowest BCUT2D eigenvalue weighted by Gasteiger charge is -2.09. The summed E-state index contributed by atoms with van der Waals surface area (Å²) >= 11 is 0. The SMILES string of the molecule is CCn1c2ccccc2c2cc(N=Nc3[nH]c4ccccc4c3CN(C)C)ccc21. The Morgan fingerprint density at radius 2 is 1.57 bits per heavy atom. The minimum atomic E-state index is 0.807. The number of hydrogen-bond donors (Lipinski definition) is 1. The molecule has 3 aromatic carbocycles. The summed E-state index contributed by atoms with van der Waals surface area (Å²) in [4.78, 5) is 5.58. The van der Waals surface area contributed by atoms with E-state index in [1.54, 1.807) is 0 Å². The van der Waals surface area contributed by atoms with Gasteiger partial charge in [0, 0.05) is 51.4 Å². The van der Waals surface area contributed by atoms with E-state index in [-0.39, 0.29) is 0 Å². The third-order valence-corrected chi connectivity index (χ3v) is 5.60. The van der Waals surface area contributed by atoms with E-state index in [0.29, 0.717) is 0 Å². The molecule has 0 bridgehead atoms. The zero-order valence-electron chi connectivity index (χ0n) is 17.6. The predicted molar refractivity (Wildman–Crippen MR) is 125 cm³/mol. The number of aromatic amines is 1. The summed E-state index contributed by atoms with van der Waals surface area (Å²) in [5.41, 5.74) is 5.60. The largest absolute Gasteiger partial charge is 0.341 e. The number of azo groups is 1.